The first kappa shape index (κ1) is 11.4. The summed E-state index contributed by atoms with van der Waals surface area (Å²) in [7, 11) is 0. The van der Waals surface area contributed by atoms with Crippen molar-refractivity contribution in [3.05, 3.63) is 47.0 Å². The predicted molar refractivity (Wildman–Crippen MR) is 63.0 cm³/mol. The van der Waals surface area contributed by atoms with E-state index >= 15 is 0 Å². The molecule has 0 N–H and O–H groups in total. The van der Waals surface area contributed by atoms with Gasteiger partial charge in [0.1, 0.15) is 17.6 Å². The largest absolute Gasteiger partial charge is 0.453 e. The lowest BCUT2D eigenvalue weighted by molar-refractivity contribution is 0.475. The Morgan fingerprint density at radius 3 is 2.94 bits per heavy atom. The SMILES string of the molecule is Cc1ncc(Oc2cccc(Cl)c2)c(C#N)n1. The Labute approximate surface area is 103 Å². The third-order valence-corrected chi connectivity index (χ3v) is 2.24. The average Bonchev–Trinajstić information content (AvgIpc) is 2.31. The first-order valence-corrected chi connectivity index (χ1v) is 5.24. The maximum Gasteiger partial charge on any atom is 0.186 e. The van der Waals surface area contributed by atoms with Crippen molar-refractivity contribution in [3.63, 3.8) is 0 Å². The number of hydrogen-bond donors (Lipinski definition) is 0. The molecule has 2 rings (SSSR count). The minimum Gasteiger partial charge on any atom is -0.453 e. The van der Waals surface area contributed by atoms with E-state index < -0.39 is 0 Å². The lowest BCUT2D eigenvalue weighted by Gasteiger charge is -2.06. The summed E-state index contributed by atoms with van der Waals surface area (Å²) in [6, 6.07) is 8.86. The van der Waals surface area contributed by atoms with Crippen molar-refractivity contribution in [1.82, 2.24) is 9.97 Å². The Morgan fingerprint density at radius 1 is 1.41 bits per heavy atom. The molecule has 84 valence electrons. The second-order valence-corrected chi connectivity index (χ2v) is 3.74. The zero-order chi connectivity index (χ0) is 12.3. The lowest BCUT2D eigenvalue weighted by Crippen LogP contribution is -1.95. The van der Waals surface area contributed by atoms with Crippen LogP contribution in [0.5, 0.6) is 11.5 Å². The Morgan fingerprint density at radius 2 is 2.24 bits per heavy atom. The molecule has 1 heterocycles. The maximum absolute atomic E-state index is 8.93. The highest BCUT2D eigenvalue weighted by molar-refractivity contribution is 6.30. The molecule has 0 fully saturated rings. The summed E-state index contributed by atoms with van der Waals surface area (Å²) in [5.41, 5.74) is 0.206. The molecule has 0 atom stereocenters. The van der Waals surface area contributed by atoms with Crippen molar-refractivity contribution in [2.24, 2.45) is 0 Å². The van der Waals surface area contributed by atoms with Gasteiger partial charge in [0.2, 0.25) is 0 Å². The van der Waals surface area contributed by atoms with E-state index in [0.717, 1.165) is 0 Å². The summed E-state index contributed by atoms with van der Waals surface area (Å²) in [5, 5.41) is 9.49. The Balaban J connectivity index is 2.34. The van der Waals surface area contributed by atoms with E-state index in [-0.39, 0.29) is 5.69 Å². The first-order chi connectivity index (χ1) is 8.19. The Kier molecular flexibility index (Phi) is 3.22. The monoisotopic (exact) mass is 245 g/mol. The van der Waals surface area contributed by atoms with Crippen molar-refractivity contribution < 1.29 is 4.74 Å². The third kappa shape index (κ3) is 2.71. The van der Waals surface area contributed by atoms with Crippen LogP contribution in [-0.2, 0) is 0 Å². The van der Waals surface area contributed by atoms with E-state index in [1.54, 1.807) is 31.2 Å². The molecule has 0 aliphatic carbocycles. The number of nitriles is 1. The minimum absolute atomic E-state index is 0.206. The minimum atomic E-state index is 0.206. The molecule has 0 amide bonds. The number of nitrogens with zero attached hydrogens (tertiary/aromatic N) is 3. The fourth-order valence-corrected chi connectivity index (χ4v) is 1.45. The van der Waals surface area contributed by atoms with Crippen LogP contribution in [0, 0.1) is 18.3 Å². The summed E-state index contributed by atoms with van der Waals surface area (Å²) in [6.45, 7) is 1.71. The third-order valence-electron chi connectivity index (χ3n) is 2.01. The van der Waals surface area contributed by atoms with E-state index in [1.807, 2.05) is 6.07 Å². The van der Waals surface area contributed by atoms with Gasteiger partial charge >= 0.3 is 0 Å². The van der Waals surface area contributed by atoms with Crippen LogP contribution in [0.25, 0.3) is 0 Å². The lowest BCUT2D eigenvalue weighted by atomic mass is 10.3. The number of rotatable bonds is 2. The van der Waals surface area contributed by atoms with Crippen molar-refractivity contribution in [3.8, 4) is 17.6 Å². The van der Waals surface area contributed by atoms with Gasteiger partial charge in [0.05, 0.1) is 6.20 Å². The van der Waals surface area contributed by atoms with Crippen LogP contribution < -0.4 is 4.74 Å². The number of halogens is 1. The van der Waals surface area contributed by atoms with Gasteiger partial charge in [-0.2, -0.15) is 5.26 Å². The zero-order valence-electron chi connectivity index (χ0n) is 9.01. The van der Waals surface area contributed by atoms with Crippen LogP contribution >= 0.6 is 11.6 Å². The number of ether oxygens (including phenoxy) is 1. The van der Waals surface area contributed by atoms with E-state index in [9.17, 15) is 0 Å². The normalized spacial score (nSPS) is 9.71. The van der Waals surface area contributed by atoms with E-state index in [4.69, 9.17) is 21.6 Å². The predicted octanol–water partition coefficient (Wildman–Crippen LogP) is 3.10. The summed E-state index contributed by atoms with van der Waals surface area (Å²) < 4.78 is 5.50. The quantitative estimate of drug-likeness (QED) is 0.816. The number of aryl methyl sites for hydroxylation is 1. The van der Waals surface area contributed by atoms with Gasteiger partial charge in [-0.25, -0.2) is 9.97 Å². The van der Waals surface area contributed by atoms with Crippen molar-refractivity contribution >= 4 is 11.6 Å². The van der Waals surface area contributed by atoms with Crippen LogP contribution in [0.1, 0.15) is 11.5 Å². The summed E-state index contributed by atoms with van der Waals surface area (Å²) in [4.78, 5) is 7.97. The second kappa shape index (κ2) is 4.81. The molecule has 2 aromatic rings. The summed E-state index contributed by atoms with van der Waals surface area (Å²) in [5.74, 6) is 1.39. The fourth-order valence-electron chi connectivity index (χ4n) is 1.27. The van der Waals surface area contributed by atoms with Gasteiger partial charge in [0, 0.05) is 5.02 Å². The van der Waals surface area contributed by atoms with Crippen LogP contribution in [0.2, 0.25) is 5.02 Å². The topological polar surface area (TPSA) is 58.8 Å². The zero-order valence-corrected chi connectivity index (χ0v) is 9.77. The van der Waals surface area contributed by atoms with Crippen LogP contribution in [-0.4, -0.2) is 9.97 Å². The Bertz CT molecular complexity index is 593. The van der Waals surface area contributed by atoms with E-state index in [1.165, 1.54) is 6.20 Å². The molecule has 0 radical (unpaired) electrons. The van der Waals surface area contributed by atoms with E-state index in [0.29, 0.717) is 22.3 Å². The first-order valence-electron chi connectivity index (χ1n) is 4.86. The van der Waals surface area contributed by atoms with Crippen molar-refractivity contribution in [2.75, 3.05) is 0 Å². The molecule has 17 heavy (non-hydrogen) atoms. The van der Waals surface area contributed by atoms with Crippen LogP contribution in [0.3, 0.4) is 0 Å². The molecule has 5 heteroatoms. The van der Waals surface area contributed by atoms with Crippen LogP contribution in [0.15, 0.2) is 30.5 Å². The number of hydrogen-bond acceptors (Lipinski definition) is 4. The van der Waals surface area contributed by atoms with Gasteiger partial charge in [-0.1, -0.05) is 17.7 Å². The molecule has 0 saturated heterocycles. The molecule has 0 bridgehead atoms. The average molecular weight is 246 g/mol. The van der Waals surface area contributed by atoms with Gasteiger partial charge in [0.15, 0.2) is 11.4 Å². The number of benzene rings is 1. The molecule has 0 unspecified atom stereocenters. The van der Waals surface area contributed by atoms with Gasteiger partial charge in [-0.15, -0.1) is 0 Å². The molecule has 1 aromatic carbocycles. The molecule has 0 aliphatic heterocycles. The highest BCUT2D eigenvalue weighted by Gasteiger charge is 2.07. The highest BCUT2D eigenvalue weighted by atomic mass is 35.5. The molecule has 0 spiro atoms. The smallest absolute Gasteiger partial charge is 0.186 e. The molecule has 1 aromatic heterocycles. The maximum atomic E-state index is 8.93. The molecule has 0 saturated carbocycles. The molecular weight excluding hydrogens is 238 g/mol. The summed E-state index contributed by atoms with van der Waals surface area (Å²) in [6.07, 6.45) is 1.47. The Hall–Kier alpha value is -2.12. The number of aromatic nitrogens is 2. The van der Waals surface area contributed by atoms with Gasteiger partial charge < -0.3 is 4.74 Å². The summed E-state index contributed by atoms with van der Waals surface area (Å²) >= 11 is 5.83. The molecule has 0 aliphatic rings. The molecular formula is C12H8ClN3O. The van der Waals surface area contributed by atoms with Crippen LogP contribution in [0.4, 0.5) is 0 Å². The standard InChI is InChI=1S/C12H8ClN3O/c1-8-15-7-12(11(6-14)16-8)17-10-4-2-3-9(13)5-10/h2-5,7H,1H3. The second-order valence-electron chi connectivity index (χ2n) is 3.30. The van der Waals surface area contributed by atoms with Gasteiger partial charge in [-0.3, -0.25) is 0 Å². The fraction of sp³-hybridized carbons (Fsp3) is 0.0833. The molecule has 4 nitrogen and oxygen atoms in total. The van der Waals surface area contributed by atoms with Gasteiger partial charge in [-0.05, 0) is 25.1 Å². The van der Waals surface area contributed by atoms with Crippen molar-refractivity contribution in [1.29, 1.82) is 5.26 Å². The van der Waals surface area contributed by atoms with Gasteiger partial charge in [0.25, 0.3) is 0 Å². The van der Waals surface area contributed by atoms with Crippen molar-refractivity contribution in [2.45, 2.75) is 6.92 Å². The van der Waals surface area contributed by atoms with E-state index in [2.05, 4.69) is 9.97 Å². The highest BCUT2D eigenvalue weighted by Crippen LogP contribution is 2.25.